The number of aliphatic imine (C=N–C) groups is 1. The summed E-state index contributed by atoms with van der Waals surface area (Å²) >= 11 is 6.06. The fourth-order valence-electron chi connectivity index (χ4n) is 3.87. The van der Waals surface area contributed by atoms with E-state index in [1.165, 1.54) is 5.69 Å². The second kappa shape index (κ2) is 6.34. The number of hydrogen-bond donors (Lipinski definition) is 0. The summed E-state index contributed by atoms with van der Waals surface area (Å²) in [6.45, 7) is 6.70. The number of hydrogen-bond acceptors (Lipinski definition) is 2. The average molecular weight is 356 g/mol. The lowest BCUT2D eigenvalue weighted by Gasteiger charge is -2.30. The van der Waals surface area contributed by atoms with E-state index in [-0.39, 0.29) is 5.91 Å². The Balaban J connectivity index is 1.93. The number of aromatic nitrogens is 1. The summed E-state index contributed by atoms with van der Waals surface area (Å²) < 4.78 is 2.21. The van der Waals surface area contributed by atoms with Crippen molar-refractivity contribution in [3.63, 3.8) is 0 Å². The quantitative estimate of drug-likeness (QED) is 0.794. The Morgan fingerprint density at radius 3 is 2.72 bits per heavy atom. The number of nitrogens with zero attached hydrogens (tertiary/aromatic N) is 3. The summed E-state index contributed by atoms with van der Waals surface area (Å²) in [6, 6.07) is 7.72. The molecule has 0 radical (unpaired) electrons. The molecule has 1 amide bonds. The van der Waals surface area contributed by atoms with Gasteiger partial charge in [-0.25, -0.2) is 0 Å². The van der Waals surface area contributed by atoms with Crippen molar-refractivity contribution in [3.05, 3.63) is 40.7 Å². The van der Waals surface area contributed by atoms with Crippen molar-refractivity contribution in [2.45, 2.75) is 33.2 Å². The van der Waals surface area contributed by atoms with E-state index in [2.05, 4.69) is 18.4 Å². The molecule has 2 aromatic rings. The second-order valence-corrected chi connectivity index (χ2v) is 7.37. The van der Waals surface area contributed by atoms with Crippen molar-refractivity contribution < 1.29 is 4.79 Å². The largest absolute Gasteiger partial charge is 0.336 e. The van der Waals surface area contributed by atoms with Crippen molar-refractivity contribution in [1.29, 1.82) is 0 Å². The number of benzene rings is 1. The first kappa shape index (κ1) is 16.4. The highest BCUT2D eigenvalue weighted by atomic mass is 35.5. The molecule has 1 atom stereocenters. The Morgan fingerprint density at radius 2 is 2.00 bits per heavy atom. The van der Waals surface area contributed by atoms with Gasteiger partial charge in [-0.2, -0.15) is 0 Å². The van der Waals surface area contributed by atoms with Gasteiger partial charge in [0.05, 0.1) is 5.69 Å². The lowest BCUT2D eigenvalue weighted by Crippen LogP contribution is -2.41. The molecular formula is C20H22ClN3O. The van der Waals surface area contributed by atoms with Crippen LogP contribution in [-0.2, 0) is 13.0 Å². The normalized spacial score (nSPS) is 19.1. The minimum atomic E-state index is 0.121. The van der Waals surface area contributed by atoms with Gasteiger partial charge < -0.3 is 9.47 Å². The van der Waals surface area contributed by atoms with Crippen molar-refractivity contribution in [3.8, 4) is 11.1 Å². The smallest absolute Gasteiger partial charge is 0.271 e. The van der Waals surface area contributed by atoms with Crippen LogP contribution in [0.25, 0.3) is 11.1 Å². The Morgan fingerprint density at radius 1 is 1.24 bits per heavy atom. The van der Waals surface area contributed by atoms with Crippen LogP contribution < -0.4 is 0 Å². The van der Waals surface area contributed by atoms with Crippen molar-refractivity contribution >= 4 is 29.4 Å². The Hall–Kier alpha value is -2.07. The van der Waals surface area contributed by atoms with E-state index < -0.39 is 0 Å². The number of rotatable bonds is 3. The van der Waals surface area contributed by atoms with Crippen LogP contribution in [-0.4, -0.2) is 34.7 Å². The van der Waals surface area contributed by atoms with E-state index >= 15 is 0 Å². The first-order chi connectivity index (χ1) is 12.1. The molecule has 0 saturated carbocycles. The first-order valence-electron chi connectivity index (χ1n) is 8.95. The SMILES string of the molecule is CCCN1CCn2c3c(c(-c4ccc(Cl)cc4)c2C1=O)N=CC(C)C3. The molecular weight excluding hydrogens is 334 g/mol. The molecule has 0 fully saturated rings. The number of amides is 1. The van der Waals surface area contributed by atoms with Gasteiger partial charge in [-0.1, -0.05) is 37.6 Å². The van der Waals surface area contributed by atoms with Gasteiger partial charge in [0.1, 0.15) is 5.69 Å². The van der Waals surface area contributed by atoms with Gasteiger partial charge in [0.25, 0.3) is 5.91 Å². The van der Waals surface area contributed by atoms with Crippen LogP contribution in [0.5, 0.6) is 0 Å². The molecule has 4 rings (SSSR count). The third-order valence-electron chi connectivity index (χ3n) is 5.03. The molecule has 0 spiro atoms. The molecule has 1 aromatic heterocycles. The predicted molar refractivity (Wildman–Crippen MR) is 102 cm³/mol. The fourth-order valence-corrected chi connectivity index (χ4v) is 4.00. The number of carbonyl (C=O) groups excluding carboxylic acids is 1. The maximum Gasteiger partial charge on any atom is 0.271 e. The molecule has 5 heteroatoms. The minimum Gasteiger partial charge on any atom is -0.336 e. The fraction of sp³-hybridized carbons (Fsp3) is 0.400. The second-order valence-electron chi connectivity index (χ2n) is 6.93. The first-order valence-corrected chi connectivity index (χ1v) is 9.32. The Bertz CT molecular complexity index is 851. The van der Waals surface area contributed by atoms with Gasteiger partial charge in [-0.05, 0) is 36.5 Å². The Labute approximate surface area is 153 Å². The number of fused-ring (bicyclic) bond motifs is 3. The van der Waals surface area contributed by atoms with Crippen molar-refractivity contribution in [2.24, 2.45) is 10.9 Å². The van der Waals surface area contributed by atoms with Crippen LogP contribution in [0, 0.1) is 5.92 Å². The van der Waals surface area contributed by atoms with Crippen molar-refractivity contribution in [1.82, 2.24) is 9.47 Å². The van der Waals surface area contributed by atoms with Gasteiger partial charge in [0.15, 0.2) is 0 Å². The van der Waals surface area contributed by atoms with E-state index in [0.29, 0.717) is 10.9 Å². The zero-order valence-electron chi connectivity index (χ0n) is 14.6. The maximum atomic E-state index is 13.2. The van der Waals surface area contributed by atoms with Crippen molar-refractivity contribution in [2.75, 3.05) is 13.1 Å². The molecule has 1 aromatic carbocycles. The zero-order chi connectivity index (χ0) is 17.6. The van der Waals surface area contributed by atoms with Crippen LogP contribution in [0.15, 0.2) is 29.3 Å². The lowest BCUT2D eigenvalue weighted by molar-refractivity contribution is 0.0704. The summed E-state index contributed by atoms with van der Waals surface area (Å²) in [5.74, 6) is 0.517. The van der Waals surface area contributed by atoms with E-state index in [1.807, 2.05) is 35.4 Å². The molecule has 0 saturated heterocycles. The van der Waals surface area contributed by atoms with Crippen LogP contribution in [0.1, 0.15) is 36.5 Å². The third-order valence-corrected chi connectivity index (χ3v) is 5.28. The highest BCUT2D eigenvalue weighted by molar-refractivity contribution is 6.30. The van der Waals surface area contributed by atoms with Gasteiger partial charge in [-0.15, -0.1) is 0 Å². The maximum absolute atomic E-state index is 13.2. The molecule has 130 valence electrons. The standard InChI is InChI=1S/C20H22ClN3O/c1-3-8-23-9-10-24-16-11-13(2)12-22-18(16)17(19(24)20(23)25)14-4-6-15(21)7-5-14/h4-7,12-13H,3,8-11H2,1-2H3. The average Bonchev–Trinajstić information content (AvgIpc) is 2.93. The van der Waals surface area contributed by atoms with E-state index in [9.17, 15) is 4.79 Å². The molecule has 2 aliphatic rings. The van der Waals surface area contributed by atoms with E-state index in [4.69, 9.17) is 16.6 Å². The predicted octanol–water partition coefficient (Wildman–Crippen LogP) is 4.57. The molecule has 0 N–H and O–H groups in total. The van der Waals surface area contributed by atoms with Gasteiger partial charge >= 0.3 is 0 Å². The molecule has 4 nitrogen and oxygen atoms in total. The van der Waals surface area contributed by atoms with Crippen LogP contribution >= 0.6 is 11.6 Å². The van der Waals surface area contributed by atoms with E-state index in [1.54, 1.807) is 0 Å². The minimum absolute atomic E-state index is 0.121. The third kappa shape index (κ3) is 2.69. The van der Waals surface area contributed by atoms with Gasteiger partial charge in [-0.3, -0.25) is 9.79 Å². The van der Waals surface area contributed by atoms with Gasteiger partial charge in [0, 0.05) is 42.1 Å². The summed E-state index contributed by atoms with van der Waals surface area (Å²) in [5, 5.41) is 0.696. The van der Waals surface area contributed by atoms with Crippen LogP contribution in [0.4, 0.5) is 5.69 Å². The topological polar surface area (TPSA) is 37.6 Å². The molecule has 2 aliphatic heterocycles. The molecule has 0 aliphatic carbocycles. The molecule has 25 heavy (non-hydrogen) atoms. The lowest BCUT2D eigenvalue weighted by atomic mass is 9.98. The molecule has 0 bridgehead atoms. The Kier molecular flexibility index (Phi) is 4.16. The van der Waals surface area contributed by atoms with Crippen LogP contribution in [0.3, 0.4) is 0 Å². The van der Waals surface area contributed by atoms with Gasteiger partial charge in [0.2, 0.25) is 0 Å². The molecule has 1 unspecified atom stereocenters. The highest BCUT2D eigenvalue weighted by Crippen LogP contribution is 2.43. The number of halogens is 1. The van der Waals surface area contributed by atoms with Crippen LogP contribution in [0.2, 0.25) is 5.02 Å². The summed E-state index contributed by atoms with van der Waals surface area (Å²) in [4.78, 5) is 19.9. The van der Waals surface area contributed by atoms with E-state index in [0.717, 1.165) is 55.0 Å². The monoisotopic (exact) mass is 355 g/mol. The molecule has 3 heterocycles. The summed E-state index contributed by atoms with van der Waals surface area (Å²) in [6.07, 6.45) is 3.90. The zero-order valence-corrected chi connectivity index (χ0v) is 15.4. The highest BCUT2D eigenvalue weighted by Gasteiger charge is 2.34. The number of carbonyl (C=O) groups is 1. The summed E-state index contributed by atoms with van der Waals surface area (Å²) in [7, 11) is 0. The summed E-state index contributed by atoms with van der Waals surface area (Å²) in [5.41, 5.74) is 4.91.